The summed E-state index contributed by atoms with van der Waals surface area (Å²) in [6.45, 7) is 2.73. The van der Waals surface area contributed by atoms with Gasteiger partial charge in [0.25, 0.3) is 0 Å². The molecular weight excluding hydrogens is 168 g/mol. The van der Waals surface area contributed by atoms with Crippen molar-refractivity contribution in [2.24, 2.45) is 17.8 Å². The molecule has 1 saturated heterocycles. The summed E-state index contributed by atoms with van der Waals surface area (Å²) in [7, 11) is 0. The second-order valence-corrected chi connectivity index (χ2v) is 3.95. The zero-order valence-corrected chi connectivity index (χ0v) is 8.15. The van der Waals surface area contributed by atoms with Crippen molar-refractivity contribution >= 4 is 5.97 Å². The van der Waals surface area contributed by atoms with Gasteiger partial charge >= 0.3 is 5.97 Å². The van der Waals surface area contributed by atoms with Crippen LogP contribution in [0.25, 0.3) is 0 Å². The van der Waals surface area contributed by atoms with Crippen LogP contribution in [-0.2, 0) is 9.53 Å². The van der Waals surface area contributed by atoms with E-state index in [0.717, 1.165) is 0 Å². The van der Waals surface area contributed by atoms with Crippen LogP contribution in [0.2, 0.25) is 0 Å². The first kappa shape index (κ1) is 6.82. The van der Waals surface area contributed by atoms with Crippen molar-refractivity contribution in [2.45, 2.75) is 39.8 Å². The molecule has 0 aromatic rings. The van der Waals surface area contributed by atoms with Crippen LogP contribution in [0.4, 0.5) is 0 Å². The number of ether oxygens (including phenoxy) is 1. The monoisotopic (exact) mass is 189 g/mol. The zero-order chi connectivity index (χ0) is 12.7. The molecule has 1 N–H and O–H groups in total. The van der Waals surface area contributed by atoms with Crippen molar-refractivity contribution in [2.75, 3.05) is 0 Å². The van der Waals surface area contributed by atoms with Crippen LogP contribution in [0.1, 0.15) is 31.7 Å². The Morgan fingerprint density at radius 2 is 2.23 bits per heavy atom. The van der Waals surface area contributed by atoms with Gasteiger partial charge in [-0.1, -0.05) is 20.7 Å². The second-order valence-electron chi connectivity index (χ2n) is 3.95. The van der Waals surface area contributed by atoms with E-state index >= 15 is 0 Å². The van der Waals surface area contributed by atoms with Crippen molar-refractivity contribution < 1.29 is 18.8 Å². The van der Waals surface area contributed by atoms with E-state index in [1.54, 1.807) is 13.8 Å². The maximum atomic E-state index is 11.4. The van der Waals surface area contributed by atoms with E-state index in [0.29, 0.717) is 0 Å². The molecule has 0 spiro atoms. The smallest absolute Gasteiger partial charge is 0.311 e. The van der Waals surface area contributed by atoms with Gasteiger partial charge in [-0.25, -0.2) is 0 Å². The Kier molecular flexibility index (Phi) is 1.92. The van der Waals surface area contributed by atoms with Gasteiger partial charge in [0.2, 0.25) is 0 Å². The molecule has 3 heteroatoms. The van der Waals surface area contributed by atoms with Gasteiger partial charge in [-0.15, -0.1) is 0 Å². The third kappa shape index (κ3) is 1.85. The SMILES string of the molecule is [2H]C([2H])([2H])[C@@H]1[C@H](O)[C@@H](C)C(=O)O[C@@H]1C(C)C. The van der Waals surface area contributed by atoms with Crippen LogP contribution < -0.4 is 0 Å². The third-order valence-electron chi connectivity index (χ3n) is 2.52. The predicted octanol–water partition coefficient (Wildman–Crippen LogP) is 1.20. The Labute approximate surface area is 83.3 Å². The van der Waals surface area contributed by atoms with E-state index in [1.807, 2.05) is 0 Å². The Bertz CT molecular complexity index is 275. The highest BCUT2D eigenvalue weighted by Crippen LogP contribution is 2.30. The summed E-state index contributed by atoms with van der Waals surface area (Å²) >= 11 is 0. The Hall–Kier alpha value is -0.570. The van der Waals surface area contributed by atoms with E-state index in [9.17, 15) is 9.90 Å². The number of hydrogen-bond acceptors (Lipinski definition) is 3. The molecule has 0 amide bonds. The quantitative estimate of drug-likeness (QED) is 0.630. The summed E-state index contributed by atoms with van der Waals surface area (Å²) in [6, 6.07) is 0. The standard InChI is InChI=1S/C10H18O3/c1-5(2)9-6(3)8(11)7(4)10(12)13-9/h5-9,11H,1-4H3/t6-,7-,8+,9-/m1/s1/i3D3. The van der Waals surface area contributed by atoms with E-state index in [4.69, 9.17) is 8.85 Å². The lowest BCUT2D eigenvalue weighted by Gasteiger charge is -2.38. The third-order valence-corrected chi connectivity index (χ3v) is 2.52. The van der Waals surface area contributed by atoms with Gasteiger partial charge in [-0.3, -0.25) is 4.79 Å². The van der Waals surface area contributed by atoms with Gasteiger partial charge in [0, 0.05) is 10.0 Å². The molecule has 0 radical (unpaired) electrons. The number of rotatable bonds is 1. The van der Waals surface area contributed by atoms with Gasteiger partial charge in [0.1, 0.15) is 6.10 Å². The van der Waals surface area contributed by atoms with Crippen molar-refractivity contribution in [3.63, 3.8) is 0 Å². The molecule has 0 saturated carbocycles. The number of carbonyl (C=O) groups is 1. The predicted molar refractivity (Wildman–Crippen MR) is 49.1 cm³/mol. The zero-order valence-electron chi connectivity index (χ0n) is 11.2. The normalized spacial score (nSPS) is 45.0. The molecule has 4 atom stereocenters. The van der Waals surface area contributed by atoms with E-state index in [2.05, 4.69) is 0 Å². The second kappa shape index (κ2) is 3.66. The molecule has 1 rings (SSSR count). The average Bonchev–Trinajstić information content (AvgIpc) is 2.10. The lowest BCUT2D eigenvalue weighted by molar-refractivity contribution is -0.181. The molecule has 0 aromatic carbocycles. The van der Waals surface area contributed by atoms with Crippen molar-refractivity contribution in [1.82, 2.24) is 0 Å². The van der Waals surface area contributed by atoms with Crippen LogP contribution in [0.15, 0.2) is 0 Å². The number of aliphatic hydroxyl groups excluding tert-OH is 1. The highest BCUT2D eigenvalue weighted by Gasteiger charge is 2.41. The number of esters is 1. The summed E-state index contributed by atoms with van der Waals surface area (Å²) in [6.07, 6.45) is -1.91. The summed E-state index contributed by atoms with van der Waals surface area (Å²) in [5.74, 6) is -2.43. The fourth-order valence-corrected chi connectivity index (χ4v) is 1.51. The Morgan fingerprint density at radius 1 is 1.62 bits per heavy atom. The molecule has 0 aliphatic carbocycles. The minimum atomic E-state index is -2.32. The fraction of sp³-hybridized carbons (Fsp3) is 0.900. The number of aliphatic hydroxyl groups is 1. The highest BCUT2D eigenvalue weighted by molar-refractivity contribution is 5.73. The van der Waals surface area contributed by atoms with Gasteiger partial charge in [-0.05, 0) is 12.8 Å². The molecule has 0 bridgehead atoms. The van der Waals surface area contributed by atoms with Gasteiger partial charge in [0.05, 0.1) is 12.0 Å². The molecule has 1 fully saturated rings. The molecule has 1 heterocycles. The van der Waals surface area contributed by atoms with Crippen LogP contribution in [0, 0.1) is 17.8 Å². The maximum Gasteiger partial charge on any atom is 0.311 e. The minimum absolute atomic E-state index is 0.128. The average molecular weight is 189 g/mol. The van der Waals surface area contributed by atoms with E-state index < -0.39 is 36.9 Å². The topological polar surface area (TPSA) is 46.5 Å². The first-order valence-corrected chi connectivity index (χ1v) is 4.54. The molecule has 1 aliphatic heterocycles. The Balaban J connectivity index is 3.03. The van der Waals surface area contributed by atoms with Crippen molar-refractivity contribution in [1.29, 1.82) is 0 Å². The summed E-state index contributed by atoms with van der Waals surface area (Å²) in [5, 5.41) is 9.90. The van der Waals surface area contributed by atoms with Crippen LogP contribution >= 0.6 is 0 Å². The number of cyclic esters (lactones) is 1. The van der Waals surface area contributed by atoms with E-state index in [1.165, 1.54) is 6.92 Å². The largest absolute Gasteiger partial charge is 0.461 e. The van der Waals surface area contributed by atoms with Gasteiger partial charge < -0.3 is 9.84 Å². The highest BCUT2D eigenvalue weighted by atomic mass is 16.5. The molecule has 3 nitrogen and oxygen atoms in total. The molecule has 0 unspecified atom stereocenters. The van der Waals surface area contributed by atoms with Gasteiger partial charge in [-0.2, -0.15) is 0 Å². The summed E-state index contributed by atoms with van der Waals surface area (Å²) in [5.41, 5.74) is 0. The van der Waals surface area contributed by atoms with E-state index in [-0.39, 0.29) is 5.92 Å². The summed E-state index contributed by atoms with van der Waals surface area (Å²) < 4.78 is 27.4. The molecule has 76 valence electrons. The number of carbonyl (C=O) groups excluding carboxylic acids is 1. The minimum Gasteiger partial charge on any atom is -0.461 e. The molecule has 0 aromatic heterocycles. The first-order chi connectivity index (χ1) is 7.16. The lowest BCUT2D eigenvalue weighted by atomic mass is 9.82. The van der Waals surface area contributed by atoms with Crippen LogP contribution in [-0.4, -0.2) is 23.3 Å². The molecular formula is C10H18O3. The van der Waals surface area contributed by atoms with Gasteiger partial charge in [0.15, 0.2) is 0 Å². The number of hydrogen-bond donors (Lipinski definition) is 1. The van der Waals surface area contributed by atoms with Crippen molar-refractivity contribution in [3.8, 4) is 0 Å². The van der Waals surface area contributed by atoms with Crippen LogP contribution in [0.3, 0.4) is 0 Å². The fourth-order valence-electron chi connectivity index (χ4n) is 1.51. The van der Waals surface area contributed by atoms with Crippen molar-refractivity contribution in [3.05, 3.63) is 0 Å². The first-order valence-electron chi connectivity index (χ1n) is 6.04. The molecule has 13 heavy (non-hydrogen) atoms. The molecule has 1 aliphatic rings. The maximum absolute atomic E-state index is 11.4. The summed E-state index contributed by atoms with van der Waals surface area (Å²) in [4.78, 5) is 11.4. The Morgan fingerprint density at radius 3 is 2.69 bits per heavy atom. The lowest BCUT2D eigenvalue weighted by Crippen LogP contribution is -2.48. The van der Waals surface area contributed by atoms with Crippen LogP contribution in [0.5, 0.6) is 0 Å².